The van der Waals surface area contributed by atoms with Gasteiger partial charge in [-0.3, -0.25) is 0 Å². The van der Waals surface area contributed by atoms with Gasteiger partial charge in [-0.25, -0.2) is 4.57 Å². The summed E-state index contributed by atoms with van der Waals surface area (Å²) in [5.74, 6) is 0. The first kappa shape index (κ1) is 17.1. The van der Waals surface area contributed by atoms with Gasteiger partial charge in [0.2, 0.25) is 0 Å². The van der Waals surface area contributed by atoms with Gasteiger partial charge in [0.15, 0.2) is 12.4 Å². The van der Waals surface area contributed by atoms with E-state index in [1.54, 1.807) is 0 Å². The summed E-state index contributed by atoms with van der Waals surface area (Å²) in [5.41, 5.74) is 2.52. The van der Waals surface area contributed by atoms with E-state index in [1.165, 1.54) is 0 Å². The fourth-order valence-corrected chi connectivity index (χ4v) is 2.22. The van der Waals surface area contributed by atoms with Crippen LogP contribution in [0.15, 0.2) is 59.0 Å². The van der Waals surface area contributed by atoms with Gasteiger partial charge >= 0.3 is 0 Å². The molecule has 0 bridgehead atoms. The van der Waals surface area contributed by atoms with Gasteiger partial charge in [0.25, 0.3) is 0 Å². The third-order valence-electron chi connectivity index (χ3n) is 3.41. The molecule has 0 aliphatic carbocycles. The maximum Gasteiger partial charge on any atom is 0.196 e. The molecule has 0 unspecified atom stereocenters. The van der Waals surface area contributed by atoms with Crippen LogP contribution in [-0.2, 0) is 7.05 Å². The first-order valence-electron chi connectivity index (χ1n) is 7.69. The monoisotopic (exact) mass is 319 g/mol. The summed E-state index contributed by atoms with van der Waals surface area (Å²) in [4.78, 5) is 2.03. The smallest absolute Gasteiger partial charge is 0.196 e. The molecule has 0 aliphatic heterocycles. The maximum atomic E-state index is 8.76. The standard InChI is InChI=1S/C18H19N6/c1-23-12-2-5-17(15-23)22-21-16-6-8-18(9-7-16)24(13-3-10-19)14-4-11-20/h2,5-9,12,15H,3-4,13-14H2,1H3/q+1. The van der Waals surface area contributed by atoms with Gasteiger partial charge in [-0.05, 0) is 30.3 Å². The van der Waals surface area contributed by atoms with Crippen molar-refractivity contribution < 1.29 is 4.57 Å². The van der Waals surface area contributed by atoms with Crippen molar-refractivity contribution in [2.45, 2.75) is 12.8 Å². The number of nitrogens with zero attached hydrogens (tertiary/aromatic N) is 6. The third kappa shape index (κ3) is 5.19. The van der Waals surface area contributed by atoms with E-state index >= 15 is 0 Å². The van der Waals surface area contributed by atoms with Gasteiger partial charge in [-0.15, -0.1) is 5.11 Å². The lowest BCUT2D eigenvalue weighted by atomic mass is 10.2. The number of nitriles is 2. The zero-order valence-corrected chi connectivity index (χ0v) is 13.6. The highest BCUT2D eigenvalue weighted by Crippen LogP contribution is 2.22. The van der Waals surface area contributed by atoms with Gasteiger partial charge in [-0.1, -0.05) is 0 Å². The fourth-order valence-electron chi connectivity index (χ4n) is 2.22. The average molecular weight is 319 g/mol. The molecule has 0 saturated carbocycles. The second kappa shape index (κ2) is 9.02. The molecule has 0 aliphatic rings. The molecule has 0 N–H and O–H groups in total. The summed E-state index contributed by atoms with van der Waals surface area (Å²) in [6, 6.07) is 15.7. The largest absolute Gasteiger partial charge is 0.369 e. The first-order chi connectivity index (χ1) is 11.7. The van der Waals surface area contributed by atoms with Crippen molar-refractivity contribution in [1.29, 1.82) is 10.5 Å². The van der Waals surface area contributed by atoms with Gasteiger partial charge in [0.1, 0.15) is 12.7 Å². The Morgan fingerprint density at radius 1 is 0.958 bits per heavy atom. The summed E-state index contributed by atoms with van der Waals surface area (Å²) >= 11 is 0. The molecule has 0 radical (unpaired) electrons. The zero-order valence-electron chi connectivity index (χ0n) is 13.6. The van der Waals surface area contributed by atoms with Gasteiger partial charge < -0.3 is 4.90 Å². The van der Waals surface area contributed by atoms with Crippen LogP contribution >= 0.6 is 0 Å². The van der Waals surface area contributed by atoms with Crippen LogP contribution in [0.4, 0.5) is 17.1 Å². The summed E-state index contributed by atoms with van der Waals surface area (Å²) in [6.45, 7) is 1.22. The highest BCUT2D eigenvalue weighted by molar-refractivity contribution is 5.53. The Bertz CT molecular complexity index is 749. The molecule has 6 nitrogen and oxygen atoms in total. The number of aryl methyl sites for hydroxylation is 1. The van der Waals surface area contributed by atoms with Crippen molar-refractivity contribution in [2.75, 3.05) is 18.0 Å². The van der Waals surface area contributed by atoms with Crippen LogP contribution in [0.5, 0.6) is 0 Å². The number of pyridine rings is 1. The van der Waals surface area contributed by atoms with Crippen LogP contribution in [0.25, 0.3) is 0 Å². The van der Waals surface area contributed by atoms with Crippen LogP contribution in [-0.4, -0.2) is 13.1 Å². The van der Waals surface area contributed by atoms with Crippen LogP contribution in [0.2, 0.25) is 0 Å². The van der Waals surface area contributed by atoms with E-state index in [0.717, 1.165) is 17.1 Å². The van der Waals surface area contributed by atoms with Gasteiger partial charge in [0.05, 0.1) is 30.7 Å². The lowest BCUT2D eigenvalue weighted by molar-refractivity contribution is -0.670. The molecule has 0 fully saturated rings. The predicted octanol–water partition coefficient (Wildman–Crippen LogP) is 3.56. The van der Waals surface area contributed by atoms with E-state index in [0.29, 0.717) is 25.9 Å². The molecule has 0 atom stereocenters. The van der Waals surface area contributed by atoms with Crippen LogP contribution in [0.3, 0.4) is 0 Å². The number of azo groups is 1. The second-order valence-electron chi connectivity index (χ2n) is 5.25. The second-order valence-corrected chi connectivity index (χ2v) is 5.25. The van der Waals surface area contributed by atoms with E-state index in [2.05, 4.69) is 22.4 Å². The number of aromatic nitrogens is 1. The van der Waals surface area contributed by atoms with E-state index in [9.17, 15) is 0 Å². The third-order valence-corrected chi connectivity index (χ3v) is 3.41. The summed E-state index contributed by atoms with van der Waals surface area (Å²) in [5, 5.41) is 26.0. The molecule has 0 amide bonds. The molecule has 1 aromatic heterocycles. The molecule has 1 aromatic carbocycles. The minimum absolute atomic E-state index is 0.428. The SMILES string of the molecule is C[n+]1cccc(N=Nc2ccc(N(CCC#N)CCC#N)cc2)c1. The van der Waals surface area contributed by atoms with Crippen molar-refractivity contribution in [1.82, 2.24) is 0 Å². The first-order valence-corrected chi connectivity index (χ1v) is 7.69. The number of anilines is 1. The minimum Gasteiger partial charge on any atom is -0.369 e. The Labute approximate surface area is 141 Å². The van der Waals surface area contributed by atoms with Crippen molar-refractivity contribution in [3.8, 4) is 12.1 Å². The quantitative estimate of drug-likeness (QED) is 0.578. The number of hydrogen-bond donors (Lipinski definition) is 0. The Hall–Kier alpha value is -3.25. The molecule has 24 heavy (non-hydrogen) atoms. The van der Waals surface area contributed by atoms with E-state index in [-0.39, 0.29) is 0 Å². The van der Waals surface area contributed by atoms with Crippen LogP contribution < -0.4 is 9.47 Å². The fraction of sp³-hybridized carbons (Fsp3) is 0.278. The maximum absolute atomic E-state index is 8.76. The van der Waals surface area contributed by atoms with Gasteiger partial charge in [-0.2, -0.15) is 15.6 Å². The van der Waals surface area contributed by atoms with E-state index in [4.69, 9.17) is 10.5 Å². The molecule has 120 valence electrons. The normalized spacial score (nSPS) is 10.3. The molecular weight excluding hydrogens is 300 g/mol. The molecule has 6 heteroatoms. The lowest BCUT2D eigenvalue weighted by Crippen LogP contribution is -2.25. The number of hydrogen-bond acceptors (Lipinski definition) is 5. The van der Waals surface area contributed by atoms with Crippen molar-refractivity contribution in [3.05, 3.63) is 48.8 Å². The molecule has 1 heterocycles. The molecular formula is C18H19N6+. The molecule has 2 rings (SSSR count). The molecule has 0 spiro atoms. The predicted molar refractivity (Wildman–Crippen MR) is 90.9 cm³/mol. The highest BCUT2D eigenvalue weighted by atomic mass is 15.1. The number of benzene rings is 1. The lowest BCUT2D eigenvalue weighted by Gasteiger charge is -2.22. The topological polar surface area (TPSA) is 79.4 Å². The van der Waals surface area contributed by atoms with Gasteiger partial charge in [0, 0.05) is 24.8 Å². The highest BCUT2D eigenvalue weighted by Gasteiger charge is 2.06. The summed E-state index contributed by atoms with van der Waals surface area (Å²) < 4.78 is 1.92. The summed E-state index contributed by atoms with van der Waals surface area (Å²) in [7, 11) is 1.94. The Kier molecular flexibility index (Phi) is 6.43. The van der Waals surface area contributed by atoms with Crippen molar-refractivity contribution in [2.24, 2.45) is 17.3 Å². The Morgan fingerprint density at radius 3 is 2.17 bits per heavy atom. The average Bonchev–Trinajstić information content (AvgIpc) is 2.61. The Balaban J connectivity index is 2.08. The molecule has 0 saturated heterocycles. The van der Waals surface area contributed by atoms with Crippen LogP contribution in [0.1, 0.15) is 12.8 Å². The minimum atomic E-state index is 0.428. The molecule has 2 aromatic rings. The van der Waals surface area contributed by atoms with E-state index in [1.807, 2.05) is 65.3 Å². The van der Waals surface area contributed by atoms with Crippen molar-refractivity contribution >= 4 is 17.1 Å². The van der Waals surface area contributed by atoms with Crippen molar-refractivity contribution in [3.63, 3.8) is 0 Å². The Morgan fingerprint density at radius 2 is 1.58 bits per heavy atom. The van der Waals surface area contributed by atoms with Crippen LogP contribution in [0, 0.1) is 22.7 Å². The zero-order chi connectivity index (χ0) is 17.2. The van der Waals surface area contributed by atoms with E-state index < -0.39 is 0 Å². The number of rotatable bonds is 7. The summed E-state index contributed by atoms with van der Waals surface area (Å²) in [6.07, 6.45) is 4.68.